The van der Waals surface area contributed by atoms with Crippen molar-refractivity contribution in [1.29, 1.82) is 5.26 Å². The summed E-state index contributed by atoms with van der Waals surface area (Å²) in [5.41, 5.74) is 0.581. The van der Waals surface area contributed by atoms with E-state index in [-0.39, 0.29) is 33.8 Å². The highest BCUT2D eigenvalue weighted by molar-refractivity contribution is 7.92. The molecule has 0 radical (unpaired) electrons. The molecule has 0 aliphatic carbocycles. The van der Waals surface area contributed by atoms with Gasteiger partial charge in [-0.1, -0.05) is 11.6 Å². The highest BCUT2D eigenvalue weighted by Crippen LogP contribution is 2.35. The number of hydrogen-bond acceptors (Lipinski definition) is 6. The van der Waals surface area contributed by atoms with Crippen molar-refractivity contribution in [1.82, 2.24) is 4.98 Å². The fraction of sp³-hybridized carbons (Fsp3) is 0.0526. The SMILES string of the molecule is N#Cc1nc(-c2ccc(NS(=O)(=O)c3ccc4c(c3)OCO4)cc2Cl)ccc1F. The summed E-state index contributed by atoms with van der Waals surface area (Å²) < 4.78 is 51.6. The first kappa shape index (κ1) is 19.0. The Kier molecular flexibility index (Phi) is 4.74. The van der Waals surface area contributed by atoms with Gasteiger partial charge >= 0.3 is 0 Å². The number of ether oxygens (including phenoxy) is 2. The zero-order chi connectivity index (χ0) is 20.6. The van der Waals surface area contributed by atoms with E-state index in [1.807, 2.05) is 0 Å². The predicted octanol–water partition coefficient (Wildman–Crippen LogP) is 3.94. The Balaban J connectivity index is 1.62. The van der Waals surface area contributed by atoms with Crippen molar-refractivity contribution in [2.45, 2.75) is 4.90 Å². The van der Waals surface area contributed by atoms with Crippen LogP contribution in [0.3, 0.4) is 0 Å². The molecular formula is C19H11ClFN3O4S. The van der Waals surface area contributed by atoms with E-state index in [2.05, 4.69) is 9.71 Å². The third-order valence-corrected chi connectivity index (χ3v) is 5.80. The van der Waals surface area contributed by atoms with Crippen LogP contribution in [-0.4, -0.2) is 20.2 Å². The number of hydrogen-bond donors (Lipinski definition) is 1. The number of benzene rings is 2. The number of nitrogens with one attached hydrogen (secondary N) is 1. The molecule has 146 valence electrons. The van der Waals surface area contributed by atoms with Crippen molar-refractivity contribution >= 4 is 27.3 Å². The van der Waals surface area contributed by atoms with E-state index in [9.17, 15) is 12.8 Å². The summed E-state index contributed by atoms with van der Waals surface area (Å²) in [6.07, 6.45) is 0. The van der Waals surface area contributed by atoms with Crippen molar-refractivity contribution < 1.29 is 22.3 Å². The smallest absolute Gasteiger partial charge is 0.262 e. The lowest BCUT2D eigenvalue weighted by Gasteiger charge is -2.11. The maximum atomic E-state index is 13.5. The van der Waals surface area contributed by atoms with Crippen LogP contribution in [0.1, 0.15) is 5.69 Å². The van der Waals surface area contributed by atoms with Gasteiger partial charge in [-0.2, -0.15) is 5.26 Å². The summed E-state index contributed by atoms with van der Waals surface area (Å²) in [6, 6.07) is 12.9. The molecule has 2 aromatic carbocycles. The van der Waals surface area contributed by atoms with Crippen LogP contribution in [0.15, 0.2) is 53.4 Å². The van der Waals surface area contributed by atoms with Gasteiger partial charge in [-0.25, -0.2) is 17.8 Å². The average molecular weight is 432 g/mol. The van der Waals surface area contributed by atoms with Crippen molar-refractivity contribution in [3.63, 3.8) is 0 Å². The number of sulfonamides is 1. The molecule has 0 spiro atoms. The van der Waals surface area contributed by atoms with Crippen LogP contribution in [0, 0.1) is 17.1 Å². The maximum absolute atomic E-state index is 13.5. The third-order valence-electron chi connectivity index (χ3n) is 4.10. The van der Waals surface area contributed by atoms with E-state index in [1.165, 1.54) is 42.5 Å². The third kappa shape index (κ3) is 3.68. The monoisotopic (exact) mass is 431 g/mol. The molecule has 3 aromatic rings. The zero-order valence-corrected chi connectivity index (χ0v) is 16.1. The first-order valence-corrected chi connectivity index (χ1v) is 10.0. The van der Waals surface area contributed by atoms with Crippen molar-refractivity contribution in [3.8, 4) is 28.8 Å². The number of aromatic nitrogens is 1. The Hall–Kier alpha value is -3.35. The minimum atomic E-state index is -3.90. The number of nitriles is 1. The van der Waals surface area contributed by atoms with Gasteiger partial charge < -0.3 is 9.47 Å². The second kappa shape index (κ2) is 7.24. The van der Waals surface area contributed by atoms with E-state index >= 15 is 0 Å². The minimum Gasteiger partial charge on any atom is -0.454 e. The molecule has 2 heterocycles. The van der Waals surface area contributed by atoms with Crippen LogP contribution in [0.5, 0.6) is 11.5 Å². The van der Waals surface area contributed by atoms with E-state index in [4.69, 9.17) is 26.3 Å². The molecule has 4 rings (SSSR count). The molecule has 0 amide bonds. The molecule has 1 N–H and O–H groups in total. The van der Waals surface area contributed by atoms with Gasteiger partial charge in [0.25, 0.3) is 10.0 Å². The maximum Gasteiger partial charge on any atom is 0.262 e. The number of fused-ring (bicyclic) bond motifs is 1. The van der Waals surface area contributed by atoms with E-state index < -0.39 is 15.8 Å². The topological polar surface area (TPSA) is 101 Å². The number of pyridine rings is 1. The van der Waals surface area contributed by atoms with E-state index in [1.54, 1.807) is 6.07 Å². The van der Waals surface area contributed by atoms with Crippen LogP contribution in [0.25, 0.3) is 11.3 Å². The number of rotatable bonds is 4. The lowest BCUT2D eigenvalue weighted by atomic mass is 10.1. The molecule has 0 saturated heterocycles. The Morgan fingerprint density at radius 1 is 1.10 bits per heavy atom. The predicted molar refractivity (Wildman–Crippen MR) is 103 cm³/mol. The highest BCUT2D eigenvalue weighted by Gasteiger charge is 2.21. The summed E-state index contributed by atoms with van der Waals surface area (Å²) in [5.74, 6) is 0.0808. The molecule has 1 aliphatic rings. The molecule has 0 unspecified atom stereocenters. The van der Waals surface area contributed by atoms with Crippen LogP contribution in [-0.2, 0) is 10.0 Å². The molecule has 0 saturated carbocycles. The molecule has 10 heteroatoms. The fourth-order valence-corrected chi connectivity index (χ4v) is 4.06. The van der Waals surface area contributed by atoms with Gasteiger partial charge in [-0.05, 0) is 42.5 Å². The largest absolute Gasteiger partial charge is 0.454 e. The van der Waals surface area contributed by atoms with E-state index in [0.29, 0.717) is 17.1 Å². The molecule has 0 fully saturated rings. The van der Waals surface area contributed by atoms with Crippen LogP contribution in [0.2, 0.25) is 5.02 Å². The van der Waals surface area contributed by atoms with Gasteiger partial charge in [0, 0.05) is 11.6 Å². The molecule has 0 atom stereocenters. The Morgan fingerprint density at radius 2 is 1.90 bits per heavy atom. The zero-order valence-electron chi connectivity index (χ0n) is 14.5. The second-order valence-electron chi connectivity index (χ2n) is 5.95. The Labute approximate surface area is 170 Å². The van der Waals surface area contributed by atoms with Crippen molar-refractivity contribution in [2.75, 3.05) is 11.5 Å². The van der Waals surface area contributed by atoms with Crippen molar-refractivity contribution in [3.05, 3.63) is 65.1 Å². The van der Waals surface area contributed by atoms with Crippen molar-refractivity contribution in [2.24, 2.45) is 0 Å². The molecule has 7 nitrogen and oxygen atoms in total. The number of halogens is 2. The van der Waals surface area contributed by atoms with Crippen LogP contribution < -0.4 is 14.2 Å². The lowest BCUT2D eigenvalue weighted by Crippen LogP contribution is -2.12. The summed E-state index contributed by atoms with van der Waals surface area (Å²) in [5, 5.41) is 9.10. The number of nitrogens with zero attached hydrogens (tertiary/aromatic N) is 2. The van der Waals surface area contributed by atoms with Crippen LogP contribution >= 0.6 is 11.6 Å². The van der Waals surface area contributed by atoms with E-state index in [0.717, 1.165) is 6.07 Å². The minimum absolute atomic E-state index is 0.000752. The Bertz CT molecular complexity index is 1270. The quantitative estimate of drug-likeness (QED) is 0.671. The Morgan fingerprint density at radius 3 is 2.66 bits per heavy atom. The van der Waals surface area contributed by atoms with Gasteiger partial charge in [-0.15, -0.1) is 0 Å². The number of anilines is 1. The van der Waals surface area contributed by atoms with Gasteiger partial charge in [0.05, 0.1) is 21.3 Å². The summed E-state index contributed by atoms with van der Waals surface area (Å²) in [7, 11) is -3.90. The first-order valence-electron chi connectivity index (χ1n) is 8.16. The molecule has 1 aliphatic heterocycles. The van der Waals surface area contributed by atoms with Gasteiger partial charge in [0.1, 0.15) is 6.07 Å². The van der Waals surface area contributed by atoms with Gasteiger partial charge in [0.15, 0.2) is 23.0 Å². The molecule has 0 bridgehead atoms. The van der Waals surface area contributed by atoms with Gasteiger partial charge in [-0.3, -0.25) is 4.72 Å². The molecule has 29 heavy (non-hydrogen) atoms. The summed E-state index contributed by atoms with van der Waals surface area (Å²) >= 11 is 6.26. The standard InChI is InChI=1S/C19H11ClFN3O4S/c20-14-7-11(1-3-13(14)16-5-4-15(21)17(9-22)23-16)24-29(25,26)12-2-6-18-19(8-12)28-10-27-18/h1-8,24H,10H2. The average Bonchev–Trinajstić information content (AvgIpc) is 3.16. The first-order chi connectivity index (χ1) is 13.9. The molecular weight excluding hydrogens is 421 g/mol. The summed E-state index contributed by atoms with van der Waals surface area (Å²) in [4.78, 5) is 3.92. The highest BCUT2D eigenvalue weighted by atomic mass is 35.5. The summed E-state index contributed by atoms with van der Waals surface area (Å²) in [6.45, 7) is 0.0360. The lowest BCUT2D eigenvalue weighted by molar-refractivity contribution is 0.174. The second-order valence-corrected chi connectivity index (χ2v) is 8.04. The fourth-order valence-electron chi connectivity index (χ4n) is 2.71. The van der Waals surface area contributed by atoms with Gasteiger partial charge in [0.2, 0.25) is 6.79 Å². The molecule has 1 aromatic heterocycles. The normalized spacial score (nSPS) is 12.4. The van der Waals surface area contributed by atoms with Crippen LogP contribution in [0.4, 0.5) is 10.1 Å².